The fraction of sp³-hybridized carbons (Fsp3) is 0.818. The van der Waals surface area contributed by atoms with Crippen LogP contribution in [0.25, 0.3) is 0 Å². The molecular weight excluding hydrogens is 176 g/mol. The van der Waals surface area contributed by atoms with Crippen molar-refractivity contribution in [1.29, 1.82) is 5.26 Å². The molecule has 1 N–H and O–H groups in total. The molecule has 1 aliphatic rings. The molecule has 0 aromatic carbocycles. The van der Waals surface area contributed by atoms with E-state index in [2.05, 4.69) is 12.2 Å². The van der Waals surface area contributed by atoms with Crippen molar-refractivity contribution in [3.05, 3.63) is 0 Å². The van der Waals surface area contributed by atoms with Crippen LogP contribution in [-0.4, -0.2) is 11.9 Å². The maximum absolute atomic E-state index is 11.2. The van der Waals surface area contributed by atoms with Crippen molar-refractivity contribution < 1.29 is 4.79 Å². The third-order valence-corrected chi connectivity index (χ3v) is 2.95. The van der Waals surface area contributed by atoms with Crippen molar-refractivity contribution >= 4 is 5.91 Å². The lowest BCUT2D eigenvalue weighted by molar-refractivity contribution is -0.121. The van der Waals surface area contributed by atoms with Crippen LogP contribution in [0, 0.1) is 17.2 Å². The molecule has 1 saturated carbocycles. The molecule has 3 heteroatoms. The van der Waals surface area contributed by atoms with Crippen molar-refractivity contribution in [2.75, 3.05) is 0 Å². The van der Waals surface area contributed by atoms with Crippen molar-refractivity contribution in [3.63, 3.8) is 0 Å². The highest BCUT2D eigenvalue weighted by atomic mass is 16.1. The van der Waals surface area contributed by atoms with Gasteiger partial charge in [0.2, 0.25) is 5.91 Å². The molecule has 0 radical (unpaired) electrons. The van der Waals surface area contributed by atoms with Crippen LogP contribution in [0.15, 0.2) is 0 Å². The second-order valence-corrected chi connectivity index (χ2v) is 4.12. The van der Waals surface area contributed by atoms with Gasteiger partial charge in [0.15, 0.2) is 0 Å². The normalized spacial score (nSPS) is 27.4. The van der Waals surface area contributed by atoms with E-state index >= 15 is 0 Å². The largest absolute Gasteiger partial charge is 0.352 e. The number of carbonyl (C=O) groups excluding carboxylic acids is 1. The van der Waals surface area contributed by atoms with Gasteiger partial charge in [0, 0.05) is 6.04 Å². The molecule has 1 amide bonds. The van der Waals surface area contributed by atoms with E-state index in [1.807, 2.05) is 6.07 Å². The average Bonchev–Trinajstić information content (AvgIpc) is 2.33. The lowest BCUT2D eigenvalue weighted by Gasteiger charge is -2.22. The zero-order valence-electron chi connectivity index (χ0n) is 8.75. The number of carbonyl (C=O) groups is 1. The summed E-state index contributed by atoms with van der Waals surface area (Å²) in [5, 5.41) is 11.3. The Balaban J connectivity index is 2.40. The van der Waals surface area contributed by atoms with E-state index in [1.54, 1.807) is 0 Å². The van der Waals surface area contributed by atoms with Crippen LogP contribution >= 0.6 is 0 Å². The molecule has 0 aromatic heterocycles. The van der Waals surface area contributed by atoms with Gasteiger partial charge in [-0.25, -0.2) is 0 Å². The summed E-state index contributed by atoms with van der Waals surface area (Å²) in [6, 6.07) is 2.17. The third kappa shape index (κ3) is 3.37. The van der Waals surface area contributed by atoms with E-state index in [0.29, 0.717) is 12.0 Å². The van der Waals surface area contributed by atoms with Crippen LogP contribution in [0.1, 0.15) is 45.4 Å². The lowest BCUT2D eigenvalue weighted by atomic mass is 9.97. The molecule has 0 spiro atoms. The van der Waals surface area contributed by atoms with Gasteiger partial charge in [0.25, 0.3) is 0 Å². The molecule has 1 aliphatic carbocycles. The number of amides is 1. The summed E-state index contributed by atoms with van der Waals surface area (Å²) in [5.74, 6) is 0.436. The molecule has 2 atom stereocenters. The molecule has 3 nitrogen and oxygen atoms in total. The summed E-state index contributed by atoms with van der Waals surface area (Å²) in [6.45, 7) is 2.18. The molecule has 0 heterocycles. The summed E-state index contributed by atoms with van der Waals surface area (Å²) in [6.07, 6.45) is 5.99. The zero-order valence-corrected chi connectivity index (χ0v) is 8.75. The maximum atomic E-state index is 11.2. The average molecular weight is 194 g/mol. The fourth-order valence-corrected chi connectivity index (χ4v) is 2.04. The molecule has 1 fully saturated rings. The second kappa shape index (κ2) is 5.64. The predicted molar refractivity (Wildman–Crippen MR) is 54.4 cm³/mol. The molecule has 0 aliphatic heterocycles. The molecule has 78 valence electrons. The van der Waals surface area contributed by atoms with Crippen LogP contribution in [0.4, 0.5) is 0 Å². The van der Waals surface area contributed by atoms with Crippen molar-refractivity contribution in [1.82, 2.24) is 5.32 Å². The van der Waals surface area contributed by atoms with Gasteiger partial charge in [-0.05, 0) is 18.8 Å². The number of nitriles is 1. The number of hydrogen-bond donors (Lipinski definition) is 1. The molecule has 14 heavy (non-hydrogen) atoms. The SMILES string of the molecule is CC1CCCCCC1NC(=O)CC#N. The van der Waals surface area contributed by atoms with Gasteiger partial charge in [-0.1, -0.05) is 26.2 Å². The third-order valence-electron chi connectivity index (χ3n) is 2.95. The highest BCUT2D eigenvalue weighted by molar-refractivity contribution is 5.78. The maximum Gasteiger partial charge on any atom is 0.234 e. The highest BCUT2D eigenvalue weighted by Crippen LogP contribution is 2.22. The lowest BCUT2D eigenvalue weighted by Crippen LogP contribution is -2.38. The van der Waals surface area contributed by atoms with Gasteiger partial charge in [-0.15, -0.1) is 0 Å². The summed E-state index contributed by atoms with van der Waals surface area (Å²) >= 11 is 0. The van der Waals surface area contributed by atoms with E-state index in [-0.39, 0.29) is 12.3 Å². The second-order valence-electron chi connectivity index (χ2n) is 4.12. The molecule has 1 rings (SSSR count). The quantitative estimate of drug-likeness (QED) is 0.683. The smallest absolute Gasteiger partial charge is 0.234 e. The molecule has 0 aromatic rings. The standard InChI is InChI=1S/C11H18N2O/c1-9-5-3-2-4-6-10(9)13-11(14)7-8-12/h9-10H,2-7H2,1H3,(H,13,14). The first-order valence-electron chi connectivity index (χ1n) is 5.40. The van der Waals surface area contributed by atoms with Crippen LogP contribution < -0.4 is 5.32 Å². The summed E-state index contributed by atoms with van der Waals surface area (Å²) in [5.41, 5.74) is 0. The first kappa shape index (κ1) is 11.0. The summed E-state index contributed by atoms with van der Waals surface area (Å²) in [7, 11) is 0. The van der Waals surface area contributed by atoms with Gasteiger partial charge in [0.05, 0.1) is 6.07 Å². The number of nitrogens with one attached hydrogen (secondary N) is 1. The number of hydrogen-bond acceptors (Lipinski definition) is 2. The fourth-order valence-electron chi connectivity index (χ4n) is 2.04. The van der Waals surface area contributed by atoms with Gasteiger partial charge in [0.1, 0.15) is 6.42 Å². The Bertz CT molecular complexity index is 232. The highest BCUT2D eigenvalue weighted by Gasteiger charge is 2.20. The minimum Gasteiger partial charge on any atom is -0.352 e. The monoisotopic (exact) mass is 194 g/mol. The van der Waals surface area contributed by atoms with Crippen LogP contribution in [0.3, 0.4) is 0 Å². The number of rotatable bonds is 2. The van der Waals surface area contributed by atoms with E-state index < -0.39 is 0 Å². The Hall–Kier alpha value is -1.04. The Morgan fingerprint density at radius 3 is 2.86 bits per heavy atom. The van der Waals surface area contributed by atoms with Crippen molar-refractivity contribution in [2.45, 2.75) is 51.5 Å². The van der Waals surface area contributed by atoms with Gasteiger partial charge < -0.3 is 5.32 Å². The van der Waals surface area contributed by atoms with Gasteiger partial charge in [-0.2, -0.15) is 5.26 Å². The Morgan fingerprint density at radius 1 is 1.43 bits per heavy atom. The summed E-state index contributed by atoms with van der Waals surface area (Å²) in [4.78, 5) is 11.2. The molecule has 0 bridgehead atoms. The molecule has 0 saturated heterocycles. The zero-order chi connectivity index (χ0) is 10.4. The Morgan fingerprint density at radius 2 is 2.14 bits per heavy atom. The minimum absolute atomic E-state index is 0.0107. The van der Waals surface area contributed by atoms with E-state index in [0.717, 1.165) is 6.42 Å². The van der Waals surface area contributed by atoms with Crippen LogP contribution in [0.2, 0.25) is 0 Å². The van der Waals surface area contributed by atoms with E-state index in [1.165, 1.54) is 25.7 Å². The van der Waals surface area contributed by atoms with Gasteiger partial charge in [-0.3, -0.25) is 4.79 Å². The minimum atomic E-state index is -0.119. The van der Waals surface area contributed by atoms with Crippen LogP contribution in [-0.2, 0) is 4.79 Å². The van der Waals surface area contributed by atoms with E-state index in [9.17, 15) is 4.79 Å². The molecular formula is C11H18N2O. The van der Waals surface area contributed by atoms with Gasteiger partial charge >= 0.3 is 0 Å². The van der Waals surface area contributed by atoms with Crippen LogP contribution in [0.5, 0.6) is 0 Å². The first-order chi connectivity index (χ1) is 6.74. The first-order valence-corrected chi connectivity index (χ1v) is 5.40. The van der Waals surface area contributed by atoms with E-state index in [4.69, 9.17) is 5.26 Å². The van der Waals surface area contributed by atoms with Crippen molar-refractivity contribution in [2.24, 2.45) is 5.92 Å². The van der Waals surface area contributed by atoms with Crippen molar-refractivity contribution in [3.8, 4) is 6.07 Å². The Kier molecular flexibility index (Phi) is 4.45. The Labute approximate surface area is 85.5 Å². The summed E-state index contributed by atoms with van der Waals surface area (Å²) < 4.78 is 0. The topological polar surface area (TPSA) is 52.9 Å². The number of nitrogens with zero attached hydrogens (tertiary/aromatic N) is 1. The predicted octanol–water partition coefficient (Wildman–Crippen LogP) is 1.99. The molecule has 2 unspecified atom stereocenters.